The van der Waals surface area contributed by atoms with Crippen LogP contribution in [0.3, 0.4) is 0 Å². The number of rotatable bonds is 5. The predicted octanol–water partition coefficient (Wildman–Crippen LogP) is 5.23. The van der Waals surface area contributed by atoms with Crippen molar-refractivity contribution in [1.29, 1.82) is 0 Å². The molecule has 0 amide bonds. The Hall–Kier alpha value is -2.04. The molecule has 3 rings (SSSR count). The van der Waals surface area contributed by atoms with Gasteiger partial charge in [0.05, 0.1) is 25.1 Å². The van der Waals surface area contributed by atoms with Gasteiger partial charge in [0, 0.05) is 12.5 Å². The van der Waals surface area contributed by atoms with Gasteiger partial charge in [-0.1, -0.05) is 25.5 Å². The van der Waals surface area contributed by atoms with Gasteiger partial charge in [-0.3, -0.25) is 9.59 Å². The van der Waals surface area contributed by atoms with Gasteiger partial charge in [-0.05, 0) is 62.3 Å². The van der Waals surface area contributed by atoms with Crippen molar-refractivity contribution in [2.24, 2.45) is 22.7 Å². The third-order valence-electron chi connectivity index (χ3n) is 7.34. The van der Waals surface area contributed by atoms with Gasteiger partial charge in [0.15, 0.2) is 0 Å². The van der Waals surface area contributed by atoms with E-state index in [0.717, 1.165) is 37.7 Å². The number of fused-ring (bicyclic) bond motifs is 1. The summed E-state index contributed by atoms with van der Waals surface area (Å²) >= 11 is 0. The summed E-state index contributed by atoms with van der Waals surface area (Å²) in [4.78, 5) is 24.4. The van der Waals surface area contributed by atoms with Gasteiger partial charge in [-0.15, -0.1) is 0 Å². The molecule has 0 saturated heterocycles. The zero-order valence-corrected chi connectivity index (χ0v) is 17.5. The number of carbonyl (C=O) groups excluding carboxylic acids is 2. The molecule has 5 nitrogen and oxygen atoms in total. The van der Waals surface area contributed by atoms with Gasteiger partial charge < -0.3 is 13.9 Å². The lowest BCUT2D eigenvalue weighted by Gasteiger charge is -2.57. The lowest BCUT2D eigenvalue weighted by atomic mass is 9.46. The first-order valence-corrected chi connectivity index (χ1v) is 10.2. The number of carbonyl (C=O) groups is 2. The first-order chi connectivity index (χ1) is 13.2. The Kier molecular flexibility index (Phi) is 5.74. The topological polar surface area (TPSA) is 65.7 Å². The largest absolute Gasteiger partial charge is 0.472 e. The fourth-order valence-corrected chi connectivity index (χ4v) is 5.99. The number of esters is 2. The van der Waals surface area contributed by atoms with Crippen molar-refractivity contribution < 1.29 is 23.5 Å². The summed E-state index contributed by atoms with van der Waals surface area (Å²) in [5, 5.41) is 0. The van der Waals surface area contributed by atoms with Crippen molar-refractivity contribution in [3.05, 3.63) is 36.3 Å². The van der Waals surface area contributed by atoms with Gasteiger partial charge in [-0.25, -0.2) is 0 Å². The summed E-state index contributed by atoms with van der Waals surface area (Å²) in [6.45, 7) is 10.2. The van der Waals surface area contributed by atoms with Gasteiger partial charge in [0.1, 0.15) is 6.10 Å². The van der Waals surface area contributed by atoms with E-state index in [-0.39, 0.29) is 35.3 Å². The molecule has 0 aliphatic heterocycles. The molecule has 0 unspecified atom stereocenters. The Labute approximate surface area is 167 Å². The standard InChI is InChI=1S/C23H32O5/c1-15-7-8-20-22(3,10-6-11-23(20,4)21(25)26-5)18(15)13-19(28-16(2)24)17-9-12-27-14-17/h9,12,14,18-20H,1,6-8,10-11,13H2,2-5H3/t18-,19-,20-,22+,23+/m1/s1. The SMILES string of the molecule is C=C1CC[C@@H]2[C@@](C)(CCC[C@]2(C)C(=O)OC)[C@@H]1C[C@@H](OC(C)=O)c1ccoc1. The van der Waals surface area contributed by atoms with Crippen LogP contribution < -0.4 is 0 Å². The Morgan fingerprint density at radius 3 is 2.71 bits per heavy atom. The van der Waals surface area contributed by atoms with Crippen LogP contribution in [-0.4, -0.2) is 19.0 Å². The van der Waals surface area contributed by atoms with Gasteiger partial charge in [0.25, 0.3) is 0 Å². The minimum absolute atomic E-state index is 0.0847. The summed E-state index contributed by atoms with van der Waals surface area (Å²) in [5.41, 5.74) is 1.49. The number of hydrogen-bond donors (Lipinski definition) is 0. The van der Waals surface area contributed by atoms with Crippen LogP contribution in [0.1, 0.15) is 71.0 Å². The van der Waals surface area contributed by atoms with E-state index in [1.54, 1.807) is 12.5 Å². The maximum atomic E-state index is 12.7. The molecule has 2 fully saturated rings. The van der Waals surface area contributed by atoms with Crippen molar-refractivity contribution in [1.82, 2.24) is 0 Å². The number of hydrogen-bond acceptors (Lipinski definition) is 5. The summed E-state index contributed by atoms with van der Waals surface area (Å²) in [6, 6.07) is 1.85. The molecule has 28 heavy (non-hydrogen) atoms. The fourth-order valence-electron chi connectivity index (χ4n) is 5.99. The molecular weight excluding hydrogens is 356 g/mol. The second kappa shape index (κ2) is 7.76. The van der Waals surface area contributed by atoms with E-state index in [1.165, 1.54) is 19.6 Å². The highest BCUT2D eigenvalue weighted by molar-refractivity contribution is 5.77. The van der Waals surface area contributed by atoms with Crippen LogP contribution >= 0.6 is 0 Å². The highest BCUT2D eigenvalue weighted by atomic mass is 16.5. The molecule has 1 aromatic heterocycles. The van der Waals surface area contributed by atoms with Crippen LogP contribution in [0.15, 0.2) is 35.2 Å². The van der Waals surface area contributed by atoms with Crippen LogP contribution in [0.25, 0.3) is 0 Å². The quantitative estimate of drug-likeness (QED) is 0.511. The van der Waals surface area contributed by atoms with E-state index in [1.807, 2.05) is 6.07 Å². The summed E-state index contributed by atoms with van der Waals surface area (Å²) < 4.78 is 16.1. The fraction of sp³-hybridized carbons (Fsp3) is 0.652. The number of furan rings is 1. The molecular formula is C23H32O5. The van der Waals surface area contributed by atoms with E-state index in [0.29, 0.717) is 6.42 Å². The van der Waals surface area contributed by atoms with Gasteiger partial charge in [0.2, 0.25) is 0 Å². The molecule has 5 heteroatoms. The molecule has 5 atom stereocenters. The van der Waals surface area contributed by atoms with E-state index in [2.05, 4.69) is 20.4 Å². The van der Waals surface area contributed by atoms with Crippen molar-refractivity contribution >= 4 is 11.9 Å². The first kappa shape index (κ1) is 20.7. The zero-order chi connectivity index (χ0) is 20.5. The molecule has 154 valence electrons. The van der Waals surface area contributed by atoms with Crippen molar-refractivity contribution in [2.45, 2.75) is 65.4 Å². The molecule has 0 bridgehead atoms. The van der Waals surface area contributed by atoms with E-state index < -0.39 is 5.41 Å². The van der Waals surface area contributed by atoms with Crippen LogP contribution in [0, 0.1) is 22.7 Å². The predicted molar refractivity (Wildman–Crippen MR) is 105 cm³/mol. The molecule has 0 spiro atoms. The monoisotopic (exact) mass is 388 g/mol. The molecule has 0 N–H and O–H groups in total. The average molecular weight is 389 g/mol. The average Bonchev–Trinajstić information content (AvgIpc) is 3.17. The first-order valence-electron chi connectivity index (χ1n) is 10.2. The smallest absolute Gasteiger partial charge is 0.311 e. The highest BCUT2D eigenvalue weighted by Gasteiger charge is 2.58. The molecule has 2 aliphatic carbocycles. The van der Waals surface area contributed by atoms with Crippen molar-refractivity contribution in [3.63, 3.8) is 0 Å². The summed E-state index contributed by atoms with van der Waals surface area (Å²) in [7, 11) is 1.48. The van der Waals surface area contributed by atoms with Gasteiger partial charge in [-0.2, -0.15) is 0 Å². The zero-order valence-electron chi connectivity index (χ0n) is 17.5. The number of ether oxygens (including phenoxy) is 2. The minimum atomic E-state index is -0.479. The number of allylic oxidation sites excluding steroid dienone is 1. The van der Waals surface area contributed by atoms with E-state index in [9.17, 15) is 9.59 Å². The molecule has 0 aromatic carbocycles. The maximum absolute atomic E-state index is 12.7. The third kappa shape index (κ3) is 3.51. The van der Waals surface area contributed by atoms with Crippen molar-refractivity contribution in [3.8, 4) is 0 Å². The molecule has 1 heterocycles. The van der Waals surface area contributed by atoms with E-state index in [4.69, 9.17) is 13.9 Å². The molecule has 0 radical (unpaired) electrons. The molecule has 1 aromatic rings. The van der Waals surface area contributed by atoms with Crippen LogP contribution in [-0.2, 0) is 19.1 Å². The van der Waals surface area contributed by atoms with Crippen LogP contribution in [0.2, 0.25) is 0 Å². The normalized spacial score (nSPS) is 33.6. The van der Waals surface area contributed by atoms with Crippen LogP contribution in [0.4, 0.5) is 0 Å². The summed E-state index contributed by atoms with van der Waals surface area (Å²) in [6.07, 6.45) is 8.21. The second-order valence-electron chi connectivity index (χ2n) is 8.96. The Bertz CT molecular complexity index is 736. The van der Waals surface area contributed by atoms with E-state index >= 15 is 0 Å². The Morgan fingerprint density at radius 1 is 1.36 bits per heavy atom. The summed E-state index contributed by atoms with van der Waals surface area (Å²) in [5.74, 6) is -0.0350. The van der Waals surface area contributed by atoms with Gasteiger partial charge >= 0.3 is 11.9 Å². The Morgan fingerprint density at radius 2 is 2.11 bits per heavy atom. The minimum Gasteiger partial charge on any atom is -0.472 e. The number of methoxy groups -OCH3 is 1. The molecule has 2 aliphatic rings. The Balaban J connectivity index is 1.94. The lowest BCUT2D eigenvalue weighted by molar-refractivity contribution is -0.169. The second-order valence-corrected chi connectivity index (χ2v) is 8.96. The maximum Gasteiger partial charge on any atom is 0.311 e. The highest BCUT2D eigenvalue weighted by Crippen LogP contribution is 2.62. The molecule has 2 saturated carbocycles. The van der Waals surface area contributed by atoms with Crippen molar-refractivity contribution in [2.75, 3.05) is 7.11 Å². The third-order valence-corrected chi connectivity index (χ3v) is 7.34. The van der Waals surface area contributed by atoms with Crippen LogP contribution in [0.5, 0.6) is 0 Å². The lowest BCUT2D eigenvalue weighted by Crippen LogP contribution is -2.53.